The first-order valence-electron chi connectivity index (χ1n) is 7.07. The van der Waals surface area contributed by atoms with Gasteiger partial charge < -0.3 is 9.26 Å². The Morgan fingerprint density at radius 2 is 1.64 bits per heavy atom. The Kier molecular flexibility index (Phi) is 4.01. The third kappa shape index (κ3) is 2.91. The Morgan fingerprint density at radius 1 is 1.00 bits per heavy atom. The summed E-state index contributed by atoms with van der Waals surface area (Å²) in [5.74, 6) is 0.0704. The molecule has 110 valence electrons. The van der Waals surface area contributed by atoms with Crippen LogP contribution in [-0.4, -0.2) is 17.7 Å². The van der Waals surface area contributed by atoms with E-state index in [-0.39, 0.29) is 5.69 Å². The van der Waals surface area contributed by atoms with E-state index >= 15 is 0 Å². The van der Waals surface area contributed by atoms with Crippen LogP contribution in [0.1, 0.15) is 17.4 Å². The van der Waals surface area contributed by atoms with Crippen molar-refractivity contribution >= 4 is 5.97 Å². The summed E-state index contributed by atoms with van der Waals surface area (Å²) in [6.45, 7) is 2.06. The van der Waals surface area contributed by atoms with Crippen LogP contribution < -0.4 is 0 Å². The molecule has 0 aliphatic rings. The number of esters is 1. The van der Waals surface area contributed by atoms with Crippen molar-refractivity contribution in [1.82, 2.24) is 5.16 Å². The molecule has 3 aromatic rings. The maximum absolute atomic E-state index is 11.6. The maximum atomic E-state index is 11.6. The smallest absolute Gasteiger partial charge is 0.360 e. The summed E-state index contributed by atoms with van der Waals surface area (Å²) in [7, 11) is 0. The molecule has 0 amide bonds. The van der Waals surface area contributed by atoms with Crippen molar-refractivity contribution in [3.8, 4) is 22.5 Å². The van der Waals surface area contributed by atoms with Gasteiger partial charge in [-0.3, -0.25) is 0 Å². The summed E-state index contributed by atoms with van der Waals surface area (Å²) in [6, 6.07) is 19.6. The van der Waals surface area contributed by atoms with E-state index in [1.54, 1.807) is 13.0 Å². The fraction of sp³-hybridized carbons (Fsp3) is 0.111. The predicted octanol–water partition coefficient (Wildman–Crippen LogP) is 4.19. The van der Waals surface area contributed by atoms with Gasteiger partial charge in [-0.25, -0.2) is 4.79 Å². The second-order valence-corrected chi connectivity index (χ2v) is 4.74. The van der Waals surface area contributed by atoms with Crippen molar-refractivity contribution < 1.29 is 14.1 Å². The summed E-state index contributed by atoms with van der Waals surface area (Å²) in [5, 5.41) is 3.74. The van der Waals surface area contributed by atoms with Crippen LogP contribution in [-0.2, 0) is 4.74 Å². The van der Waals surface area contributed by atoms with Crippen molar-refractivity contribution in [1.29, 1.82) is 0 Å². The van der Waals surface area contributed by atoms with Crippen molar-refractivity contribution in [3.05, 3.63) is 66.4 Å². The van der Waals surface area contributed by atoms with E-state index in [0.717, 1.165) is 16.7 Å². The molecule has 0 unspecified atom stereocenters. The summed E-state index contributed by atoms with van der Waals surface area (Å²) in [6.07, 6.45) is 0. The third-order valence-corrected chi connectivity index (χ3v) is 3.27. The van der Waals surface area contributed by atoms with E-state index in [4.69, 9.17) is 9.26 Å². The van der Waals surface area contributed by atoms with Gasteiger partial charge in [-0.1, -0.05) is 59.8 Å². The average molecular weight is 293 g/mol. The number of ether oxygens (including phenoxy) is 1. The lowest BCUT2D eigenvalue weighted by atomic mass is 10.0. The van der Waals surface area contributed by atoms with E-state index in [0.29, 0.717) is 12.4 Å². The summed E-state index contributed by atoms with van der Waals surface area (Å²) in [5.41, 5.74) is 3.32. The Morgan fingerprint density at radius 3 is 2.32 bits per heavy atom. The highest BCUT2D eigenvalue weighted by molar-refractivity contribution is 5.88. The highest BCUT2D eigenvalue weighted by Crippen LogP contribution is 2.25. The number of aromatic nitrogens is 1. The molecule has 0 saturated heterocycles. The van der Waals surface area contributed by atoms with Crippen LogP contribution in [0.4, 0.5) is 0 Å². The van der Waals surface area contributed by atoms with Gasteiger partial charge in [0.25, 0.3) is 0 Å². The molecular formula is C18H15NO3. The molecule has 0 aliphatic carbocycles. The molecule has 22 heavy (non-hydrogen) atoms. The molecule has 0 N–H and O–H groups in total. The zero-order valence-electron chi connectivity index (χ0n) is 12.2. The fourth-order valence-electron chi connectivity index (χ4n) is 2.17. The van der Waals surface area contributed by atoms with Gasteiger partial charge in [0, 0.05) is 11.6 Å². The van der Waals surface area contributed by atoms with Crippen molar-refractivity contribution in [3.63, 3.8) is 0 Å². The standard InChI is InChI=1S/C18H15NO3/c1-2-21-18(20)16-12-17(22-19-16)15-10-8-14(9-11-15)13-6-4-3-5-7-13/h3-12H,2H2,1H3. The number of carbonyl (C=O) groups excluding carboxylic acids is 1. The molecule has 0 radical (unpaired) electrons. The average Bonchev–Trinajstić information content (AvgIpc) is 3.06. The number of carbonyl (C=O) groups is 1. The second kappa shape index (κ2) is 6.26. The van der Waals surface area contributed by atoms with E-state index in [2.05, 4.69) is 17.3 Å². The van der Waals surface area contributed by atoms with Gasteiger partial charge in [0.2, 0.25) is 0 Å². The van der Waals surface area contributed by atoms with E-state index < -0.39 is 5.97 Å². The van der Waals surface area contributed by atoms with Gasteiger partial charge in [0.1, 0.15) is 0 Å². The third-order valence-electron chi connectivity index (χ3n) is 3.27. The highest BCUT2D eigenvalue weighted by atomic mass is 16.5. The largest absolute Gasteiger partial charge is 0.461 e. The predicted molar refractivity (Wildman–Crippen MR) is 83.3 cm³/mol. The van der Waals surface area contributed by atoms with Gasteiger partial charge in [-0.05, 0) is 18.1 Å². The normalized spacial score (nSPS) is 10.4. The second-order valence-electron chi connectivity index (χ2n) is 4.74. The van der Waals surface area contributed by atoms with Gasteiger partial charge >= 0.3 is 5.97 Å². The van der Waals surface area contributed by atoms with Gasteiger partial charge in [-0.2, -0.15) is 0 Å². The highest BCUT2D eigenvalue weighted by Gasteiger charge is 2.14. The van der Waals surface area contributed by atoms with Crippen molar-refractivity contribution in [2.45, 2.75) is 6.92 Å². The molecule has 0 aliphatic heterocycles. The molecule has 0 fully saturated rings. The molecule has 4 nitrogen and oxygen atoms in total. The Bertz CT molecular complexity index is 761. The molecule has 1 heterocycles. The number of hydrogen-bond acceptors (Lipinski definition) is 4. The van der Waals surface area contributed by atoms with Gasteiger partial charge in [0.05, 0.1) is 6.61 Å². The van der Waals surface area contributed by atoms with Crippen LogP contribution in [0.25, 0.3) is 22.5 Å². The molecule has 0 atom stereocenters. The number of benzene rings is 2. The van der Waals surface area contributed by atoms with Crippen LogP contribution in [0.2, 0.25) is 0 Å². The molecule has 0 saturated carbocycles. The molecule has 2 aromatic carbocycles. The Balaban J connectivity index is 1.83. The lowest BCUT2D eigenvalue weighted by molar-refractivity contribution is 0.0514. The first-order valence-corrected chi connectivity index (χ1v) is 7.07. The lowest BCUT2D eigenvalue weighted by Gasteiger charge is -2.02. The van der Waals surface area contributed by atoms with E-state index in [1.807, 2.05) is 42.5 Å². The van der Waals surface area contributed by atoms with Crippen LogP contribution in [0, 0.1) is 0 Å². The van der Waals surface area contributed by atoms with Crippen LogP contribution in [0.3, 0.4) is 0 Å². The zero-order valence-corrected chi connectivity index (χ0v) is 12.2. The van der Waals surface area contributed by atoms with E-state index in [1.165, 1.54) is 0 Å². The number of hydrogen-bond donors (Lipinski definition) is 0. The first kappa shape index (κ1) is 14.1. The topological polar surface area (TPSA) is 52.3 Å². The summed E-state index contributed by atoms with van der Waals surface area (Å²) in [4.78, 5) is 11.6. The minimum Gasteiger partial charge on any atom is -0.461 e. The molecular weight excluding hydrogens is 278 g/mol. The zero-order chi connectivity index (χ0) is 15.4. The Hall–Kier alpha value is -2.88. The van der Waals surface area contributed by atoms with Gasteiger partial charge in [0.15, 0.2) is 11.5 Å². The van der Waals surface area contributed by atoms with Crippen molar-refractivity contribution in [2.24, 2.45) is 0 Å². The molecule has 0 bridgehead atoms. The molecule has 1 aromatic heterocycles. The SMILES string of the molecule is CCOC(=O)c1cc(-c2ccc(-c3ccccc3)cc2)on1. The molecule has 3 rings (SSSR count). The summed E-state index contributed by atoms with van der Waals surface area (Å²) < 4.78 is 10.1. The monoisotopic (exact) mass is 293 g/mol. The Labute approximate surface area is 128 Å². The molecule has 4 heteroatoms. The minimum atomic E-state index is -0.474. The first-order chi connectivity index (χ1) is 10.8. The quantitative estimate of drug-likeness (QED) is 0.677. The molecule has 0 spiro atoms. The van der Waals surface area contributed by atoms with Crippen molar-refractivity contribution in [2.75, 3.05) is 6.61 Å². The summed E-state index contributed by atoms with van der Waals surface area (Å²) >= 11 is 0. The number of rotatable bonds is 4. The van der Waals surface area contributed by atoms with Crippen LogP contribution in [0.5, 0.6) is 0 Å². The van der Waals surface area contributed by atoms with Crippen LogP contribution >= 0.6 is 0 Å². The minimum absolute atomic E-state index is 0.184. The van der Waals surface area contributed by atoms with Gasteiger partial charge in [-0.15, -0.1) is 0 Å². The fourth-order valence-corrected chi connectivity index (χ4v) is 2.17. The van der Waals surface area contributed by atoms with E-state index in [9.17, 15) is 4.79 Å². The lowest BCUT2D eigenvalue weighted by Crippen LogP contribution is -2.04. The number of nitrogens with zero attached hydrogens (tertiary/aromatic N) is 1. The maximum Gasteiger partial charge on any atom is 0.360 e. The van der Waals surface area contributed by atoms with Crippen LogP contribution in [0.15, 0.2) is 65.2 Å².